The highest BCUT2D eigenvalue weighted by Crippen LogP contribution is 2.61. The summed E-state index contributed by atoms with van der Waals surface area (Å²) in [6, 6.07) is 53.2. The van der Waals surface area contributed by atoms with E-state index in [4.69, 9.17) is 14.4 Å². The average molecular weight is 609 g/mol. The molecule has 12 rings (SSSR count). The first-order valence-corrected chi connectivity index (χ1v) is 16.5. The molecular formula is C45H24N2O. The highest BCUT2D eigenvalue weighted by Gasteiger charge is 2.50. The molecule has 0 fully saturated rings. The van der Waals surface area contributed by atoms with Crippen LogP contribution < -0.4 is 0 Å². The first kappa shape index (κ1) is 24.9. The maximum atomic E-state index is 6.47. The second kappa shape index (κ2) is 8.52. The monoisotopic (exact) mass is 608 g/mol. The summed E-state index contributed by atoms with van der Waals surface area (Å²) in [6.07, 6.45) is 0. The Morgan fingerprint density at radius 2 is 1.10 bits per heavy atom. The fourth-order valence-corrected chi connectivity index (χ4v) is 9.18. The Kier molecular flexibility index (Phi) is 4.41. The lowest BCUT2D eigenvalue weighted by Crippen LogP contribution is -2.26. The van der Waals surface area contributed by atoms with Crippen LogP contribution in [0, 0.1) is 0 Å². The topological polar surface area (TPSA) is 38.9 Å². The average Bonchev–Trinajstić information content (AvgIpc) is 3.77. The normalized spacial score (nSPS) is 14.0. The van der Waals surface area contributed by atoms with E-state index >= 15 is 0 Å². The van der Waals surface area contributed by atoms with Crippen molar-refractivity contribution in [3.8, 4) is 11.1 Å². The second-order valence-electron chi connectivity index (χ2n) is 13.2. The van der Waals surface area contributed by atoms with Crippen molar-refractivity contribution in [3.05, 3.63) is 168 Å². The lowest BCUT2D eigenvalue weighted by molar-refractivity contribution is 0.669. The number of benzene rings is 7. The summed E-state index contributed by atoms with van der Waals surface area (Å²) in [4.78, 5) is 10.5. The molecule has 0 amide bonds. The summed E-state index contributed by atoms with van der Waals surface area (Å²) in [6.45, 7) is 0. The Balaban J connectivity index is 1.40. The van der Waals surface area contributed by atoms with Crippen LogP contribution in [0.15, 0.2) is 150 Å². The van der Waals surface area contributed by atoms with E-state index in [0.717, 1.165) is 49.1 Å². The van der Waals surface area contributed by atoms with Gasteiger partial charge in [0.25, 0.3) is 0 Å². The van der Waals surface area contributed by atoms with Gasteiger partial charge in [-0.15, -0.1) is 0 Å². The fourth-order valence-electron chi connectivity index (χ4n) is 9.18. The van der Waals surface area contributed by atoms with Gasteiger partial charge in [0.05, 0.1) is 16.4 Å². The SMILES string of the molecule is c1ccc2c(c1)-c1ccccc1C21c2ccc3cc2c2c1cccc2c1ccc2oc4cccc(c5nc6ccccc6c3n5)c4c2c1. The lowest BCUT2D eigenvalue weighted by Gasteiger charge is -2.30. The molecule has 3 aromatic heterocycles. The lowest BCUT2D eigenvalue weighted by atomic mass is 9.70. The van der Waals surface area contributed by atoms with Crippen molar-refractivity contribution in [1.82, 2.24) is 9.97 Å². The third-order valence-electron chi connectivity index (χ3n) is 11.0. The van der Waals surface area contributed by atoms with Gasteiger partial charge in [-0.3, -0.25) is 0 Å². The van der Waals surface area contributed by atoms with Crippen molar-refractivity contribution >= 4 is 76.3 Å². The molecule has 0 aliphatic heterocycles. The molecule has 0 N–H and O–H groups in total. The van der Waals surface area contributed by atoms with Crippen LogP contribution in [0.25, 0.3) is 87.4 Å². The first-order valence-electron chi connectivity index (χ1n) is 16.5. The Labute approximate surface area is 274 Å². The van der Waals surface area contributed by atoms with E-state index in [1.54, 1.807) is 0 Å². The van der Waals surface area contributed by atoms with Gasteiger partial charge in [0.15, 0.2) is 5.65 Å². The molecule has 0 saturated carbocycles. The summed E-state index contributed by atoms with van der Waals surface area (Å²) in [5.74, 6) is 0. The molecule has 0 saturated heterocycles. The molecular weight excluding hydrogens is 585 g/mol. The van der Waals surface area contributed by atoms with Crippen LogP contribution in [0.5, 0.6) is 0 Å². The summed E-state index contributed by atoms with van der Waals surface area (Å²) in [5.41, 5.74) is 11.8. The van der Waals surface area contributed by atoms with Gasteiger partial charge >= 0.3 is 0 Å². The van der Waals surface area contributed by atoms with Crippen molar-refractivity contribution in [3.63, 3.8) is 0 Å². The molecule has 10 aromatic rings. The van der Waals surface area contributed by atoms with Crippen LogP contribution in [-0.2, 0) is 5.41 Å². The van der Waals surface area contributed by atoms with Gasteiger partial charge in [-0.2, -0.15) is 0 Å². The predicted octanol–water partition coefficient (Wildman–Crippen LogP) is 11.4. The number of fused-ring (bicyclic) bond motifs is 16. The largest absolute Gasteiger partial charge is 0.456 e. The third kappa shape index (κ3) is 2.84. The minimum Gasteiger partial charge on any atom is -0.456 e. The van der Waals surface area contributed by atoms with Crippen LogP contribution >= 0.6 is 0 Å². The van der Waals surface area contributed by atoms with Gasteiger partial charge < -0.3 is 4.42 Å². The van der Waals surface area contributed by atoms with Crippen molar-refractivity contribution in [1.29, 1.82) is 0 Å². The number of aromatic nitrogens is 2. The Morgan fingerprint density at radius 3 is 1.98 bits per heavy atom. The summed E-state index contributed by atoms with van der Waals surface area (Å²) in [5, 5.41) is 10.1. The molecule has 48 heavy (non-hydrogen) atoms. The first-order chi connectivity index (χ1) is 23.8. The quantitative estimate of drug-likeness (QED) is 0.172. The van der Waals surface area contributed by atoms with Crippen molar-refractivity contribution < 1.29 is 4.42 Å². The Hall–Kier alpha value is -6.32. The summed E-state index contributed by atoms with van der Waals surface area (Å²) in [7, 11) is 0. The van der Waals surface area contributed by atoms with E-state index in [2.05, 4.69) is 133 Å². The maximum Gasteiger partial charge on any atom is 0.161 e. The molecule has 3 heterocycles. The highest BCUT2D eigenvalue weighted by atomic mass is 16.3. The van der Waals surface area contributed by atoms with E-state index in [9.17, 15) is 0 Å². The van der Waals surface area contributed by atoms with Gasteiger partial charge in [0.2, 0.25) is 0 Å². The van der Waals surface area contributed by atoms with Crippen LogP contribution in [0.2, 0.25) is 0 Å². The number of hydrogen-bond acceptors (Lipinski definition) is 3. The Bertz CT molecular complexity index is 3090. The molecule has 0 radical (unpaired) electrons. The third-order valence-corrected chi connectivity index (χ3v) is 11.0. The molecule has 2 aliphatic carbocycles. The van der Waals surface area contributed by atoms with Gasteiger partial charge in [-0.1, -0.05) is 115 Å². The molecule has 220 valence electrons. The van der Waals surface area contributed by atoms with Crippen LogP contribution in [0.3, 0.4) is 0 Å². The van der Waals surface area contributed by atoms with Gasteiger partial charge in [0, 0.05) is 26.9 Å². The molecule has 1 spiro atoms. The standard InChI is InChI=1S/C45H24N2O/c1-4-14-34-28(9-1)29-10-2-5-15-35(29)45(34)36-21-19-26-24-32(36)41-27(12-7-16-37(41)45)25-20-22-39-33(23-25)42-31(13-8-18-40(42)48-39)44-46-38-17-6-3-11-30(38)43(26)47-44/h1-24H. The number of nitrogens with zero attached hydrogens (tertiary/aromatic N) is 2. The summed E-state index contributed by atoms with van der Waals surface area (Å²) < 4.78 is 6.47. The highest BCUT2D eigenvalue weighted by molar-refractivity contribution is 6.22. The Morgan fingerprint density at radius 1 is 0.417 bits per heavy atom. The van der Waals surface area contributed by atoms with E-state index in [-0.39, 0.29) is 0 Å². The van der Waals surface area contributed by atoms with Crippen molar-refractivity contribution in [2.24, 2.45) is 0 Å². The zero-order valence-electron chi connectivity index (χ0n) is 25.7. The predicted molar refractivity (Wildman–Crippen MR) is 197 cm³/mol. The van der Waals surface area contributed by atoms with Crippen LogP contribution in [0.1, 0.15) is 22.3 Å². The molecule has 0 atom stereocenters. The zero-order valence-corrected chi connectivity index (χ0v) is 25.7. The smallest absolute Gasteiger partial charge is 0.161 e. The van der Waals surface area contributed by atoms with Gasteiger partial charge in [0.1, 0.15) is 11.2 Å². The molecule has 3 heteroatoms. The molecule has 3 nitrogen and oxygen atoms in total. The molecule has 6 bridgehead atoms. The zero-order chi connectivity index (χ0) is 31.1. The summed E-state index contributed by atoms with van der Waals surface area (Å²) >= 11 is 0. The number of furan rings is 1. The number of para-hydroxylation sites is 1. The van der Waals surface area contributed by atoms with Gasteiger partial charge in [-0.25, -0.2) is 9.97 Å². The van der Waals surface area contributed by atoms with E-state index < -0.39 is 5.41 Å². The molecule has 2 aliphatic rings. The van der Waals surface area contributed by atoms with E-state index in [1.807, 2.05) is 12.1 Å². The molecule has 0 unspecified atom stereocenters. The molecule has 7 aromatic carbocycles. The van der Waals surface area contributed by atoms with E-state index in [0.29, 0.717) is 5.65 Å². The van der Waals surface area contributed by atoms with Crippen molar-refractivity contribution in [2.75, 3.05) is 0 Å². The minimum absolute atomic E-state index is 0.429. The van der Waals surface area contributed by atoms with Crippen LogP contribution in [0.4, 0.5) is 0 Å². The number of rotatable bonds is 0. The van der Waals surface area contributed by atoms with Crippen molar-refractivity contribution in [2.45, 2.75) is 5.41 Å². The second-order valence-corrected chi connectivity index (χ2v) is 13.2. The number of hydrogen-bond donors (Lipinski definition) is 0. The maximum absolute atomic E-state index is 6.47. The minimum atomic E-state index is -0.429. The van der Waals surface area contributed by atoms with Crippen LogP contribution in [-0.4, -0.2) is 9.97 Å². The fraction of sp³-hybridized carbons (Fsp3) is 0.0222. The van der Waals surface area contributed by atoms with E-state index in [1.165, 1.54) is 54.9 Å². The van der Waals surface area contributed by atoms with Gasteiger partial charge in [-0.05, 0) is 85.3 Å².